The number of benzene rings is 1. The van der Waals surface area contributed by atoms with Crippen LogP contribution >= 0.6 is 15.9 Å². The normalized spacial score (nSPS) is 10.8. The number of rotatable bonds is 6. The zero-order valence-corrected chi connectivity index (χ0v) is 14.1. The van der Waals surface area contributed by atoms with Crippen molar-refractivity contribution in [3.63, 3.8) is 0 Å². The number of aromatic amines is 1. The van der Waals surface area contributed by atoms with Crippen molar-refractivity contribution in [2.75, 3.05) is 18.5 Å². The van der Waals surface area contributed by atoms with E-state index in [2.05, 4.69) is 31.4 Å². The highest BCUT2D eigenvalue weighted by Gasteiger charge is 2.19. The van der Waals surface area contributed by atoms with E-state index in [0.717, 1.165) is 5.69 Å². The number of hydrogen-bond acceptors (Lipinski definition) is 4. The molecule has 22 heavy (non-hydrogen) atoms. The molecule has 1 amide bonds. The third kappa shape index (κ3) is 3.86. The standard InChI is InChI=1S/C15H19BrN4O2/c1-9(2)13-12(16)14(20-19-13)15(21)18-10-3-5-11(6-4-10)22-8-7-17/h3-6,9H,7-8,17H2,1-2H3,(H,18,21)(H,19,20). The predicted octanol–water partition coefficient (Wildman–Crippen LogP) is 2.89. The molecule has 1 aromatic carbocycles. The number of amides is 1. The fourth-order valence-electron chi connectivity index (χ4n) is 1.88. The summed E-state index contributed by atoms with van der Waals surface area (Å²) in [5.41, 5.74) is 7.29. The van der Waals surface area contributed by atoms with Crippen LogP contribution in [0.2, 0.25) is 0 Å². The first-order valence-corrected chi connectivity index (χ1v) is 7.80. The Morgan fingerprint density at radius 3 is 2.64 bits per heavy atom. The summed E-state index contributed by atoms with van der Waals surface area (Å²) in [6.07, 6.45) is 0. The molecule has 4 N–H and O–H groups in total. The molecule has 118 valence electrons. The molecule has 2 rings (SSSR count). The second-order valence-corrected chi connectivity index (χ2v) is 5.86. The molecule has 0 aliphatic carbocycles. The first-order valence-electron chi connectivity index (χ1n) is 7.01. The van der Waals surface area contributed by atoms with Crippen LogP contribution < -0.4 is 15.8 Å². The monoisotopic (exact) mass is 366 g/mol. The molecule has 0 saturated carbocycles. The number of halogens is 1. The van der Waals surface area contributed by atoms with Crippen LogP contribution in [0.1, 0.15) is 35.9 Å². The second kappa shape index (κ2) is 7.42. The van der Waals surface area contributed by atoms with Crippen LogP contribution in [0.4, 0.5) is 5.69 Å². The second-order valence-electron chi connectivity index (χ2n) is 5.07. The Morgan fingerprint density at radius 1 is 1.41 bits per heavy atom. The Balaban J connectivity index is 2.05. The predicted molar refractivity (Wildman–Crippen MR) is 89.3 cm³/mol. The quantitative estimate of drug-likeness (QED) is 0.732. The Labute approximate surface area is 137 Å². The van der Waals surface area contributed by atoms with Gasteiger partial charge in [0.1, 0.15) is 12.4 Å². The van der Waals surface area contributed by atoms with E-state index in [1.807, 2.05) is 13.8 Å². The molecule has 0 spiro atoms. The fourth-order valence-corrected chi connectivity index (χ4v) is 2.69. The number of aromatic nitrogens is 2. The van der Waals surface area contributed by atoms with Crippen molar-refractivity contribution in [3.05, 3.63) is 40.1 Å². The van der Waals surface area contributed by atoms with E-state index in [9.17, 15) is 4.79 Å². The summed E-state index contributed by atoms with van der Waals surface area (Å²) in [5.74, 6) is 0.694. The number of carbonyl (C=O) groups is 1. The number of nitrogens with zero attached hydrogens (tertiary/aromatic N) is 1. The lowest BCUT2D eigenvalue weighted by atomic mass is 10.1. The van der Waals surface area contributed by atoms with Gasteiger partial charge in [0.2, 0.25) is 0 Å². The van der Waals surface area contributed by atoms with E-state index in [-0.39, 0.29) is 11.8 Å². The molecule has 0 saturated heterocycles. The van der Waals surface area contributed by atoms with E-state index in [4.69, 9.17) is 10.5 Å². The number of anilines is 1. The van der Waals surface area contributed by atoms with Crippen molar-refractivity contribution < 1.29 is 9.53 Å². The number of H-pyrrole nitrogens is 1. The van der Waals surface area contributed by atoms with Crippen LogP contribution in [0.25, 0.3) is 0 Å². The largest absolute Gasteiger partial charge is 0.492 e. The number of ether oxygens (including phenoxy) is 1. The number of hydrogen-bond donors (Lipinski definition) is 3. The van der Waals surface area contributed by atoms with Gasteiger partial charge >= 0.3 is 0 Å². The minimum absolute atomic E-state index is 0.252. The van der Waals surface area contributed by atoms with Gasteiger partial charge in [-0.3, -0.25) is 9.89 Å². The summed E-state index contributed by atoms with van der Waals surface area (Å²) in [7, 11) is 0. The summed E-state index contributed by atoms with van der Waals surface area (Å²) in [4.78, 5) is 12.3. The molecule has 0 aliphatic rings. The van der Waals surface area contributed by atoms with Crippen LogP contribution in [-0.4, -0.2) is 29.3 Å². The molecular weight excluding hydrogens is 348 g/mol. The van der Waals surface area contributed by atoms with Gasteiger partial charge in [-0.15, -0.1) is 0 Å². The van der Waals surface area contributed by atoms with Gasteiger partial charge in [0.25, 0.3) is 5.91 Å². The first-order chi connectivity index (χ1) is 10.5. The van der Waals surface area contributed by atoms with Crippen LogP contribution in [0.3, 0.4) is 0 Å². The lowest BCUT2D eigenvalue weighted by Crippen LogP contribution is -2.13. The number of carbonyl (C=O) groups excluding carboxylic acids is 1. The van der Waals surface area contributed by atoms with Gasteiger partial charge in [0.05, 0.1) is 10.2 Å². The summed E-state index contributed by atoms with van der Waals surface area (Å²) in [6.45, 7) is 4.98. The lowest BCUT2D eigenvalue weighted by Gasteiger charge is -2.07. The maximum atomic E-state index is 12.3. The summed E-state index contributed by atoms with van der Waals surface area (Å²) >= 11 is 3.42. The van der Waals surface area contributed by atoms with Crippen molar-refractivity contribution >= 4 is 27.5 Å². The Hall–Kier alpha value is -1.86. The summed E-state index contributed by atoms with van der Waals surface area (Å²) < 4.78 is 6.08. The maximum Gasteiger partial charge on any atom is 0.277 e. The Kier molecular flexibility index (Phi) is 5.57. The molecule has 0 bridgehead atoms. The van der Waals surface area contributed by atoms with E-state index < -0.39 is 0 Å². The molecule has 7 heteroatoms. The van der Waals surface area contributed by atoms with Gasteiger partial charge in [-0.25, -0.2) is 0 Å². The van der Waals surface area contributed by atoms with Crippen molar-refractivity contribution in [3.8, 4) is 5.75 Å². The molecular formula is C15H19BrN4O2. The number of nitrogens with two attached hydrogens (primary N) is 1. The molecule has 2 aromatic rings. The van der Waals surface area contributed by atoms with Gasteiger partial charge in [0, 0.05) is 12.2 Å². The number of nitrogens with one attached hydrogen (secondary N) is 2. The molecule has 0 fully saturated rings. The lowest BCUT2D eigenvalue weighted by molar-refractivity contribution is 0.102. The minimum atomic E-state index is -0.273. The van der Waals surface area contributed by atoms with Gasteiger partial charge < -0.3 is 15.8 Å². The molecule has 6 nitrogen and oxygen atoms in total. The molecule has 1 heterocycles. The average molecular weight is 367 g/mol. The Morgan fingerprint density at radius 2 is 2.09 bits per heavy atom. The molecule has 0 unspecified atom stereocenters. The SMILES string of the molecule is CC(C)c1[nH]nc(C(=O)Nc2ccc(OCCN)cc2)c1Br. The highest BCUT2D eigenvalue weighted by atomic mass is 79.9. The molecule has 1 aromatic heterocycles. The van der Waals surface area contributed by atoms with E-state index in [1.54, 1.807) is 24.3 Å². The third-order valence-electron chi connectivity index (χ3n) is 3.02. The van der Waals surface area contributed by atoms with Crippen molar-refractivity contribution in [1.29, 1.82) is 0 Å². The maximum absolute atomic E-state index is 12.3. The zero-order chi connectivity index (χ0) is 16.1. The molecule has 0 atom stereocenters. The van der Waals surface area contributed by atoms with Gasteiger partial charge in [-0.1, -0.05) is 13.8 Å². The van der Waals surface area contributed by atoms with Crippen molar-refractivity contribution in [1.82, 2.24) is 10.2 Å². The average Bonchev–Trinajstić information content (AvgIpc) is 2.88. The summed E-state index contributed by atoms with van der Waals surface area (Å²) in [5, 5.41) is 9.75. The highest BCUT2D eigenvalue weighted by Crippen LogP contribution is 2.26. The van der Waals surface area contributed by atoms with Gasteiger partial charge in [0.15, 0.2) is 5.69 Å². The topological polar surface area (TPSA) is 93.0 Å². The van der Waals surface area contributed by atoms with Gasteiger partial charge in [-0.2, -0.15) is 5.10 Å². The fraction of sp³-hybridized carbons (Fsp3) is 0.333. The van der Waals surface area contributed by atoms with Crippen LogP contribution in [0, 0.1) is 0 Å². The van der Waals surface area contributed by atoms with E-state index in [0.29, 0.717) is 34.8 Å². The van der Waals surface area contributed by atoms with Crippen molar-refractivity contribution in [2.45, 2.75) is 19.8 Å². The van der Waals surface area contributed by atoms with Gasteiger partial charge in [-0.05, 0) is 46.1 Å². The first kappa shape index (κ1) is 16.5. The van der Waals surface area contributed by atoms with Crippen LogP contribution in [-0.2, 0) is 0 Å². The van der Waals surface area contributed by atoms with E-state index in [1.165, 1.54) is 0 Å². The molecule has 0 aliphatic heterocycles. The highest BCUT2D eigenvalue weighted by molar-refractivity contribution is 9.10. The smallest absolute Gasteiger partial charge is 0.277 e. The zero-order valence-electron chi connectivity index (χ0n) is 12.5. The van der Waals surface area contributed by atoms with Crippen LogP contribution in [0.5, 0.6) is 5.75 Å². The Bertz CT molecular complexity index is 637. The molecule has 0 radical (unpaired) electrons. The van der Waals surface area contributed by atoms with Crippen molar-refractivity contribution in [2.24, 2.45) is 5.73 Å². The summed E-state index contributed by atoms with van der Waals surface area (Å²) in [6, 6.07) is 7.11. The van der Waals surface area contributed by atoms with E-state index >= 15 is 0 Å². The van der Waals surface area contributed by atoms with Crippen LogP contribution in [0.15, 0.2) is 28.7 Å². The third-order valence-corrected chi connectivity index (χ3v) is 3.83. The minimum Gasteiger partial charge on any atom is -0.492 e.